The minimum absolute atomic E-state index is 0.374. The molecule has 0 bridgehead atoms. The molecule has 0 aliphatic rings. The number of aliphatic hydroxyl groups excluding tert-OH is 4. The van der Waals surface area contributed by atoms with Gasteiger partial charge in [0.1, 0.15) is 12.2 Å². The Morgan fingerprint density at radius 1 is 0.500 bits per heavy atom. The van der Waals surface area contributed by atoms with Crippen molar-refractivity contribution in [3.8, 4) is 0 Å². The Bertz CT molecular complexity index is 561. The van der Waals surface area contributed by atoms with Gasteiger partial charge in [-0.15, -0.1) is 0 Å². The quantitative estimate of drug-likeness (QED) is 0.0486. The standard InChI is InChI=1S/C36H73NO5/c1-3-5-7-9-11-12-13-14-15-16-17-18-19-20-21-22-23-24-26-28-30-34(40)36(42)37-32(31-38)35(41)33(39)29-27-25-10-8-6-4-2/h32-35,38-41H,3-31H2,1-2H3,(H,37,42). The fourth-order valence-electron chi connectivity index (χ4n) is 5.81. The summed E-state index contributed by atoms with van der Waals surface area (Å²) in [4.78, 5) is 12.4. The molecule has 0 radical (unpaired) electrons. The van der Waals surface area contributed by atoms with Crippen LogP contribution in [0.3, 0.4) is 0 Å². The van der Waals surface area contributed by atoms with E-state index >= 15 is 0 Å². The van der Waals surface area contributed by atoms with E-state index < -0.39 is 36.9 Å². The minimum atomic E-state index is -1.25. The van der Waals surface area contributed by atoms with E-state index in [-0.39, 0.29) is 0 Å². The van der Waals surface area contributed by atoms with Gasteiger partial charge >= 0.3 is 0 Å². The Morgan fingerprint density at radius 2 is 0.810 bits per heavy atom. The summed E-state index contributed by atoms with van der Waals surface area (Å²) in [6.07, 6.45) is 30.2. The largest absolute Gasteiger partial charge is 0.394 e. The van der Waals surface area contributed by atoms with E-state index in [2.05, 4.69) is 19.2 Å². The van der Waals surface area contributed by atoms with E-state index in [0.29, 0.717) is 12.8 Å². The summed E-state index contributed by atoms with van der Waals surface area (Å²) in [5.41, 5.74) is 0. The molecule has 4 atom stereocenters. The SMILES string of the molecule is CCCCCCCCCCCCCCCCCCCCCCC(O)C(=O)NC(CO)C(O)C(O)CCCCCCCC. The van der Waals surface area contributed by atoms with Crippen LogP contribution in [0, 0.1) is 0 Å². The molecular formula is C36H73NO5. The number of rotatable bonds is 33. The summed E-state index contributed by atoms with van der Waals surface area (Å²) < 4.78 is 0. The molecule has 0 rings (SSSR count). The predicted octanol–water partition coefficient (Wildman–Crippen LogP) is 8.51. The van der Waals surface area contributed by atoms with Crippen LogP contribution < -0.4 is 5.32 Å². The van der Waals surface area contributed by atoms with Crippen LogP contribution >= 0.6 is 0 Å². The molecule has 0 aliphatic carbocycles. The summed E-state index contributed by atoms with van der Waals surface area (Å²) in [6, 6.07) is -0.975. The maximum atomic E-state index is 12.4. The molecule has 1 amide bonds. The van der Waals surface area contributed by atoms with Gasteiger partial charge in [0, 0.05) is 0 Å². The number of carbonyl (C=O) groups is 1. The van der Waals surface area contributed by atoms with Crippen molar-refractivity contribution in [1.29, 1.82) is 0 Å². The second-order valence-electron chi connectivity index (χ2n) is 12.9. The van der Waals surface area contributed by atoms with Crippen LogP contribution in [0.15, 0.2) is 0 Å². The first-order valence-corrected chi connectivity index (χ1v) is 18.4. The smallest absolute Gasteiger partial charge is 0.249 e. The highest BCUT2D eigenvalue weighted by atomic mass is 16.3. The van der Waals surface area contributed by atoms with Crippen LogP contribution in [0.5, 0.6) is 0 Å². The molecule has 0 spiro atoms. The van der Waals surface area contributed by atoms with Crippen molar-refractivity contribution in [2.24, 2.45) is 0 Å². The lowest BCUT2D eigenvalue weighted by Gasteiger charge is -2.27. The van der Waals surface area contributed by atoms with Crippen molar-refractivity contribution in [3.05, 3.63) is 0 Å². The number of amides is 1. The van der Waals surface area contributed by atoms with Crippen LogP contribution in [-0.4, -0.2) is 57.3 Å². The summed E-state index contributed by atoms with van der Waals surface area (Å²) in [7, 11) is 0. The zero-order valence-electron chi connectivity index (χ0n) is 28.0. The molecule has 6 heteroatoms. The van der Waals surface area contributed by atoms with E-state index in [1.807, 2.05) is 0 Å². The van der Waals surface area contributed by atoms with Crippen molar-refractivity contribution in [2.45, 2.75) is 218 Å². The zero-order chi connectivity index (χ0) is 31.1. The van der Waals surface area contributed by atoms with Gasteiger partial charge in [-0.05, 0) is 12.8 Å². The number of aliphatic hydroxyl groups is 4. The van der Waals surface area contributed by atoms with Crippen molar-refractivity contribution < 1.29 is 25.2 Å². The number of hydrogen-bond acceptors (Lipinski definition) is 5. The van der Waals surface area contributed by atoms with Gasteiger partial charge in [-0.25, -0.2) is 0 Å². The fraction of sp³-hybridized carbons (Fsp3) is 0.972. The molecular weight excluding hydrogens is 526 g/mol. The van der Waals surface area contributed by atoms with Crippen LogP contribution in [0.2, 0.25) is 0 Å². The van der Waals surface area contributed by atoms with E-state index in [1.54, 1.807) is 0 Å². The Morgan fingerprint density at radius 3 is 1.14 bits per heavy atom. The number of hydrogen-bond donors (Lipinski definition) is 5. The van der Waals surface area contributed by atoms with Crippen molar-refractivity contribution in [2.75, 3.05) is 6.61 Å². The molecule has 0 saturated carbocycles. The minimum Gasteiger partial charge on any atom is -0.394 e. The molecule has 0 saturated heterocycles. The van der Waals surface area contributed by atoms with Crippen LogP contribution in [0.25, 0.3) is 0 Å². The van der Waals surface area contributed by atoms with Gasteiger partial charge in [0.2, 0.25) is 5.91 Å². The van der Waals surface area contributed by atoms with Crippen molar-refractivity contribution >= 4 is 5.91 Å². The van der Waals surface area contributed by atoms with E-state index in [4.69, 9.17) is 0 Å². The highest BCUT2D eigenvalue weighted by Gasteiger charge is 2.28. The summed E-state index contributed by atoms with van der Waals surface area (Å²) in [5.74, 6) is -0.585. The fourth-order valence-corrected chi connectivity index (χ4v) is 5.81. The molecule has 0 aromatic heterocycles. The Kier molecular flexibility index (Phi) is 31.2. The maximum Gasteiger partial charge on any atom is 0.249 e. The molecule has 5 N–H and O–H groups in total. The molecule has 0 fully saturated rings. The maximum absolute atomic E-state index is 12.4. The molecule has 42 heavy (non-hydrogen) atoms. The Balaban J connectivity index is 3.65. The lowest BCUT2D eigenvalue weighted by atomic mass is 9.99. The lowest BCUT2D eigenvalue weighted by molar-refractivity contribution is -0.132. The van der Waals surface area contributed by atoms with E-state index in [1.165, 1.54) is 128 Å². The van der Waals surface area contributed by atoms with Gasteiger partial charge in [-0.3, -0.25) is 4.79 Å². The molecule has 252 valence electrons. The first-order chi connectivity index (χ1) is 20.5. The number of carbonyl (C=O) groups excluding carboxylic acids is 1. The van der Waals surface area contributed by atoms with Gasteiger partial charge in [0.05, 0.1) is 18.8 Å². The van der Waals surface area contributed by atoms with Gasteiger partial charge in [-0.2, -0.15) is 0 Å². The second-order valence-corrected chi connectivity index (χ2v) is 12.9. The second kappa shape index (κ2) is 31.7. The highest BCUT2D eigenvalue weighted by Crippen LogP contribution is 2.16. The third kappa shape index (κ3) is 25.8. The Labute approximate surface area is 260 Å². The molecule has 0 aromatic rings. The number of unbranched alkanes of at least 4 members (excludes halogenated alkanes) is 24. The average molecular weight is 600 g/mol. The first-order valence-electron chi connectivity index (χ1n) is 18.4. The molecule has 0 aromatic carbocycles. The van der Waals surface area contributed by atoms with E-state index in [9.17, 15) is 25.2 Å². The molecule has 0 aliphatic heterocycles. The normalized spacial score (nSPS) is 14.5. The highest BCUT2D eigenvalue weighted by molar-refractivity contribution is 5.80. The van der Waals surface area contributed by atoms with Crippen LogP contribution in [0.1, 0.15) is 194 Å². The lowest BCUT2D eigenvalue weighted by Crippen LogP contribution is -2.53. The third-order valence-electron chi connectivity index (χ3n) is 8.82. The van der Waals surface area contributed by atoms with Crippen molar-refractivity contribution in [3.63, 3.8) is 0 Å². The van der Waals surface area contributed by atoms with Gasteiger partial charge < -0.3 is 25.7 Å². The summed E-state index contributed by atoms with van der Waals surface area (Å²) in [5, 5.41) is 43.1. The molecule has 0 heterocycles. The van der Waals surface area contributed by atoms with E-state index in [0.717, 1.165) is 38.5 Å². The third-order valence-corrected chi connectivity index (χ3v) is 8.82. The van der Waals surface area contributed by atoms with Gasteiger partial charge in [-0.1, -0.05) is 181 Å². The Hall–Kier alpha value is -0.690. The summed E-state index contributed by atoms with van der Waals surface area (Å²) in [6.45, 7) is 3.97. The van der Waals surface area contributed by atoms with Crippen LogP contribution in [0.4, 0.5) is 0 Å². The van der Waals surface area contributed by atoms with Gasteiger partial charge in [0.15, 0.2) is 0 Å². The molecule has 6 nitrogen and oxygen atoms in total. The molecule has 4 unspecified atom stereocenters. The van der Waals surface area contributed by atoms with Crippen LogP contribution in [-0.2, 0) is 4.79 Å². The summed E-state index contributed by atoms with van der Waals surface area (Å²) >= 11 is 0. The topological polar surface area (TPSA) is 110 Å². The predicted molar refractivity (Wildman–Crippen MR) is 178 cm³/mol. The number of nitrogens with one attached hydrogen (secondary N) is 1. The first kappa shape index (κ1) is 41.3. The monoisotopic (exact) mass is 600 g/mol. The van der Waals surface area contributed by atoms with Gasteiger partial charge in [0.25, 0.3) is 0 Å². The van der Waals surface area contributed by atoms with Crippen molar-refractivity contribution in [1.82, 2.24) is 5.32 Å². The zero-order valence-corrected chi connectivity index (χ0v) is 28.0. The average Bonchev–Trinajstić information content (AvgIpc) is 2.99.